The van der Waals surface area contributed by atoms with Crippen molar-refractivity contribution < 1.29 is 13.2 Å². The van der Waals surface area contributed by atoms with Gasteiger partial charge in [-0.05, 0) is 40.2 Å². The van der Waals surface area contributed by atoms with Gasteiger partial charge in [0.25, 0.3) is 0 Å². The molecule has 0 radical (unpaired) electrons. The third-order valence-corrected chi connectivity index (χ3v) is 5.35. The van der Waals surface area contributed by atoms with Crippen LogP contribution >= 0.6 is 0 Å². The van der Waals surface area contributed by atoms with E-state index in [1.807, 2.05) is 65.0 Å². The summed E-state index contributed by atoms with van der Waals surface area (Å²) < 4.78 is 25.4. The van der Waals surface area contributed by atoms with Crippen LogP contribution in [-0.4, -0.2) is 47.9 Å². The molecule has 0 spiro atoms. The minimum Gasteiger partial charge on any atom is -0.336 e. The van der Waals surface area contributed by atoms with Crippen molar-refractivity contribution in [2.75, 3.05) is 12.8 Å². The number of hydrogen-bond acceptors (Lipinski definition) is 3. The molecule has 1 rings (SSSR count). The molecule has 0 atom stereocenters. The molecule has 0 saturated carbocycles. The van der Waals surface area contributed by atoms with E-state index >= 15 is 0 Å². The lowest BCUT2D eigenvalue weighted by atomic mass is 10.1. The Hall–Kier alpha value is -1.40. The summed E-state index contributed by atoms with van der Waals surface area (Å²) in [7, 11) is -3.36. The van der Waals surface area contributed by atoms with Gasteiger partial charge in [-0.15, -0.1) is 0 Å². The molecule has 0 N–H and O–H groups in total. The van der Waals surface area contributed by atoms with E-state index in [0.717, 1.165) is 5.56 Å². The van der Waals surface area contributed by atoms with Gasteiger partial charge in [-0.3, -0.25) is 4.79 Å². The first-order valence-electron chi connectivity index (χ1n) is 8.24. The standard InChI is InChI=1S/C18H30N2O3S/c1-15(2)19(14-16-10-8-7-9-11-16)17(21)12-13-20(18(3,4)5)24(6,22)23/h7-11,15H,12-14H2,1-6H3. The van der Waals surface area contributed by atoms with Gasteiger partial charge in [0.2, 0.25) is 15.9 Å². The summed E-state index contributed by atoms with van der Waals surface area (Å²) in [4.78, 5) is 14.4. The van der Waals surface area contributed by atoms with Crippen LogP contribution in [-0.2, 0) is 21.4 Å². The molecule has 0 bridgehead atoms. The van der Waals surface area contributed by atoms with E-state index in [1.165, 1.54) is 10.6 Å². The highest BCUT2D eigenvalue weighted by Gasteiger charge is 2.30. The van der Waals surface area contributed by atoms with Crippen molar-refractivity contribution in [3.05, 3.63) is 35.9 Å². The Morgan fingerprint density at radius 2 is 1.67 bits per heavy atom. The van der Waals surface area contributed by atoms with Gasteiger partial charge in [0.1, 0.15) is 0 Å². The van der Waals surface area contributed by atoms with E-state index in [1.54, 1.807) is 4.90 Å². The van der Waals surface area contributed by atoms with Gasteiger partial charge in [0, 0.05) is 31.1 Å². The van der Waals surface area contributed by atoms with E-state index in [4.69, 9.17) is 0 Å². The molecule has 0 aromatic heterocycles. The fraction of sp³-hybridized carbons (Fsp3) is 0.611. The normalized spacial score (nSPS) is 12.7. The van der Waals surface area contributed by atoms with Crippen LogP contribution in [0.4, 0.5) is 0 Å². The quantitative estimate of drug-likeness (QED) is 0.756. The number of carbonyl (C=O) groups is 1. The number of benzene rings is 1. The van der Waals surface area contributed by atoms with Gasteiger partial charge in [-0.25, -0.2) is 8.42 Å². The Kier molecular flexibility index (Phi) is 6.98. The molecule has 5 nitrogen and oxygen atoms in total. The molecule has 0 aliphatic carbocycles. The largest absolute Gasteiger partial charge is 0.336 e. The van der Waals surface area contributed by atoms with Gasteiger partial charge in [0.15, 0.2) is 0 Å². The minimum atomic E-state index is -3.36. The number of nitrogens with zero attached hydrogens (tertiary/aromatic N) is 2. The monoisotopic (exact) mass is 354 g/mol. The Balaban J connectivity index is 2.82. The minimum absolute atomic E-state index is 0.0354. The van der Waals surface area contributed by atoms with E-state index in [9.17, 15) is 13.2 Å². The first kappa shape index (κ1) is 20.6. The summed E-state index contributed by atoms with van der Waals surface area (Å²) in [6.45, 7) is 10.2. The fourth-order valence-electron chi connectivity index (χ4n) is 2.68. The van der Waals surface area contributed by atoms with Crippen molar-refractivity contribution in [1.29, 1.82) is 0 Å². The highest BCUT2D eigenvalue weighted by Crippen LogP contribution is 2.18. The summed E-state index contributed by atoms with van der Waals surface area (Å²) >= 11 is 0. The Bertz CT molecular complexity index is 634. The zero-order valence-electron chi connectivity index (χ0n) is 15.6. The molecular weight excluding hydrogens is 324 g/mol. The smallest absolute Gasteiger partial charge is 0.224 e. The maximum Gasteiger partial charge on any atom is 0.224 e. The third kappa shape index (κ3) is 6.24. The molecule has 24 heavy (non-hydrogen) atoms. The molecule has 6 heteroatoms. The van der Waals surface area contributed by atoms with Crippen LogP contribution in [0.15, 0.2) is 30.3 Å². The van der Waals surface area contributed by atoms with E-state index in [2.05, 4.69) is 0 Å². The summed E-state index contributed by atoms with van der Waals surface area (Å²) in [5.74, 6) is -0.0354. The topological polar surface area (TPSA) is 57.7 Å². The molecule has 1 aromatic rings. The number of amides is 1. The summed E-state index contributed by atoms with van der Waals surface area (Å²) in [6.07, 6.45) is 1.36. The zero-order valence-corrected chi connectivity index (χ0v) is 16.4. The summed E-state index contributed by atoms with van der Waals surface area (Å²) in [5, 5.41) is 0. The number of rotatable bonds is 7. The second-order valence-electron chi connectivity index (χ2n) is 7.36. The van der Waals surface area contributed by atoms with Gasteiger partial charge >= 0.3 is 0 Å². The molecule has 0 heterocycles. The van der Waals surface area contributed by atoms with Crippen molar-refractivity contribution in [2.45, 2.75) is 59.2 Å². The lowest BCUT2D eigenvalue weighted by Gasteiger charge is -2.34. The van der Waals surface area contributed by atoms with Crippen LogP contribution in [0.2, 0.25) is 0 Å². The average Bonchev–Trinajstić information content (AvgIpc) is 2.42. The molecule has 0 aliphatic heterocycles. The van der Waals surface area contributed by atoms with Crippen molar-refractivity contribution in [3.63, 3.8) is 0 Å². The predicted octanol–water partition coefficient (Wildman–Crippen LogP) is 2.87. The van der Waals surface area contributed by atoms with E-state index in [-0.39, 0.29) is 24.9 Å². The molecular formula is C18H30N2O3S. The molecule has 136 valence electrons. The Morgan fingerprint density at radius 1 is 1.12 bits per heavy atom. The predicted molar refractivity (Wildman–Crippen MR) is 98.0 cm³/mol. The highest BCUT2D eigenvalue weighted by atomic mass is 32.2. The Labute approximate surface area is 146 Å². The second-order valence-corrected chi connectivity index (χ2v) is 9.26. The molecule has 0 fully saturated rings. The average molecular weight is 355 g/mol. The summed E-state index contributed by atoms with van der Waals surface area (Å²) in [6, 6.07) is 9.87. The van der Waals surface area contributed by atoms with Crippen molar-refractivity contribution in [3.8, 4) is 0 Å². The van der Waals surface area contributed by atoms with Crippen molar-refractivity contribution >= 4 is 15.9 Å². The zero-order chi connectivity index (χ0) is 18.5. The molecule has 0 aliphatic rings. The fourth-order valence-corrected chi connectivity index (χ4v) is 4.10. The first-order chi connectivity index (χ1) is 10.9. The molecule has 0 saturated heterocycles. The highest BCUT2D eigenvalue weighted by molar-refractivity contribution is 7.88. The van der Waals surface area contributed by atoms with Gasteiger partial charge in [-0.2, -0.15) is 4.31 Å². The molecule has 1 amide bonds. The first-order valence-corrected chi connectivity index (χ1v) is 10.1. The van der Waals surface area contributed by atoms with Crippen LogP contribution in [0.3, 0.4) is 0 Å². The van der Waals surface area contributed by atoms with Gasteiger partial charge in [0.05, 0.1) is 6.26 Å². The number of hydrogen-bond donors (Lipinski definition) is 0. The van der Waals surface area contributed by atoms with Gasteiger partial charge < -0.3 is 4.90 Å². The van der Waals surface area contributed by atoms with Crippen LogP contribution in [0.25, 0.3) is 0 Å². The lowest BCUT2D eigenvalue weighted by molar-refractivity contribution is -0.133. The van der Waals surface area contributed by atoms with Crippen molar-refractivity contribution in [2.24, 2.45) is 0 Å². The molecule has 1 aromatic carbocycles. The Morgan fingerprint density at radius 3 is 2.08 bits per heavy atom. The maximum absolute atomic E-state index is 12.7. The van der Waals surface area contributed by atoms with Crippen LogP contribution in [0.5, 0.6) is 0 Å². The second kappa shape index (κ2) is 8.12. The van der Waals surface area contributed by atoms with Crippen molar-refractivity contribution in [1.82, 2.24) is 9.21 Å². The van der Waals surface area contributed by atoms with Crippen LogP contribution < -0.4 is 0 Å². The number of carbonyl (C=O) groups excluding carboxylic acids is 1. The maximum atomic E-state index is 12.7. The number of sulfonamides is 1. The van der Waals surface area contributed by atoms with Crippen LogP contribution in [0.1, 0.15) is 46.6 Å². The van der Waals surface area contributed by atoms with Crippen LogP contribution in [0, 0.1) is 0 Å². The lowest BCUT2D eigenvalue weighted by Crippen LogP contribution is -2.47. The third-order valence-electron chi connectivity index (χ3n) is 3.82. The van der Waals surface area contributed by atoms with E-state index in [0.29, 0.717) is 6.54 Å². The van der Waals surface area contributed by atoms with E-state index < -0.39 is 15.6 Å². The molecule has 0 unspecified atom stereocenters. The van der Waals surface area contributed by atoms with Gasteiger partial charge in [-0.1, -0.05) is 30.3 Å². The SMILES string of the molecule is CC(C)N(Cc1ccccc1)C(=O)CCN(C(C)(C)C)S(C)(=O)=O. The summed E-state index contributed by atoms with van der Waals surface area (Å²) in [5.41, 5.74) is 0.519.